The van der Waals surface area contributed by atoms with Gasteiger partial charge < -0.3 is 19.2 Å². The molecule has 0 aliphatic carbocycles. The Morgan fingerprint density at radius 1 is 1.18 bits per heavy atom. The summed E-state index contributed by atoms with van der Waals surface area (Å²) >= 11 is 1.61. The van der Waals surface area contributed by atoms with E-state index in [4.69, 9.17) is 13.9 Å². The van der Waals surface area contributed by atoms with E-state index in [0.29, 0.717) is 6.61 Å². The number of thiophene rings is 1. The van der Waals surface area contributed by atoms with Crippen molar-refractivity contribution in [3.63, 3.8) is 0 Å². The zero-order valence-electron chi connectivity index (χ0n) is 15.8. The third kappa shape index (κ3) is 3.94. The van der Waals surface area contributed by atoms with Gasteiger partial charge in [0.15, 0.2) is 0 Å². The molecule has 0 fully saturated rings. The molecule has 3 heterocycles. The molecule has 3 aromatic heterocycles. The molecule has 0 aliphatic rings. The van der Waals surface area contributed by atoms with Crippen LogP contribution in [0.15, 0.2) is 52.7 Å². The normalized spacial score (nSPS) is 10.9. The minimum absolute atomic E-state index is 0.654. The molecule has 0 bridgehead atoms. The fourth-order valence-electron chi connectivity index (χ4n) is 3.03. The van der Waals surface area contributed by atoms with Crippen molar-refractivity contribution in [2.45, 2.75) is 13.3 Å². The van der Waals surface area contributed by atoms with Gasteiger partial charge in [0, 0.05) is 35.5 Å². The van der Waals surface area contributed by atoms with Crippen LogP contribution >= 0.6 is 11.3 Å². The summed E-state index contributed by atoms with van der Waals surface area (Å²) in [4.78, 5) is 9.76. The summed E-state index contributed by atoms with van der Waals surface area (Å²) in [5, 5.41) is 6.44. The topological polar surface area (TPSA) is 69.4 Å². The second kappa shape index (κ2) is 8.31. The highest BCUT2D eigenvalue weighted by atomic mass is 32.1. The first-order valence-corrected chi connectivity index (χ1v) is 9.96. The van der Waals surface area contributed by atoms with Crippen LogP contribution in [-0.2, 0) is 6.42 Å². The highest BCUT2D eigenvalue weighted by molar-refractivity contribution is 7.13. The van der Waals surface area contributed by atoms with Gasteiger partial charge in [0.05, 0.1) is 30.6 Å². The quantitative estimate of drug-likeness (QED) is 0.452. The van der Waals surface area contributed by atoms with Crippen LogP contribution < -0.4 is 14.8 Å². The van der Waals surface area contributed by atoms with Gasteiger partial charge in [-0.3, -0.25) is 0 Å². The number of ether oxygens (including phenoxy) is 2. The summed E-state index contributed by atoms with van der Waals surface area (Å²) in [5.41, 5.74) is 2.83. The smallest absolute Gasteiger partial charge is 0.137 e. The maximum atomic E-state index is 5.53. The molecule has 0 spiro atoms. The van der Waals surface area contributed by atoms with Crippen molar-refractivity contribution >= 4 is 28.1 Å². The Labute approximate surface area is 167 Å². The number of fused-ring (bicyclic) bond motifs is 1. The Bertz CT molecular complexity index is 1070. The van der Waals surface area contributed by atoms with Gasteiger partial charge in [0.1, 0.15) is 29.2 Å². The molecule has 4 rings (SSSR count). The van der Waals surface area contributed by atoms with Crippen LogP contribution in [0.2, 0.25) is 0 Å². The molecule has 0 unspecified atom stereocenters. The standard InChI is InChI=1S/C21H21N3O3S/c1-3-26-16-9-20(28-12-16)17-10-21(24-13-23-17)22-6-4-14-8-15-5-7-27-19(15)11-18(14)25-2/h5,7-13H,3-4,6H2,1-2H3,(H,22,23,24). The number of nitrogens with zero attached hydrogens (tertiary/aromatic N) is 2. The molecule has 0 radical (unpaired) electrons. The Hall–Kier alpha value is -3.06. The molecule has 4 aromatic rings. The molecule has 6 nitrogen and oxygen atoms in total. The van der Waals surface area contributed by atoms with Crippen LogP contribution in [0.25, 0.3) is 21.5 Å². The highest BCUT2D eigenvalue weighted by Crippen LogP contribution is 2.31. The predicted octanol–water partition coefficient (Wildman–Crippen LogP) is 5.01. The van der Waals surface area contributed by atoms with Gasteiger partial charge in [-0.1, -0.05) is 0 Å². The molecule has 0 saturated carbocycles. The first-order valence-electron chi connectivity index (χ1n) is 9.08. The van der Waals surface area contributed by atoms with E-state index in [1.54, 1.807) is 31.0 Å². The molecule has 1 aromatic carbocycles. The van der Waals surface area contributed by atoms with Crippen molar-refractivity contribution in [3.8, 4) is 22.1 Å². The Morgan fingerprint density at radius 3 is 2.96 bits per heavy atom. The van der Waals surface area contributed by atoms with Gasteiger partial charge in [-0.05, 0) is 31.0 Å². The lowest BCUT2D eigenvalue weighted by atomic mass is 10.1. The number of benzene rings is 1. The van der Waals surface area contributed by atoms with Crippen LogP contribution in [0.1, 0.15) is 12.5 Å². The van der Waals surface area contributed by atoms with E-state index < -0.39 is 0 Å². The minimum Gasteiger partial charge on any atom is -0.496 e. The van der Waals surface area contributed by atoms with Crippen LogP contribution in [-0.4, -0.2) is 30.2 Å². The number of aromatic nitrogens is 2. The molecule has 0 saturated heterocycles. The van der Waals surface area contributed by atoms with Crippen molar-refractivity contribution in [1.29, 1.82) is 0 Å². The monoisotopic (exact) mass is 395 g/mol. The van der Waals surface area contributed by atoms with Gasteiger partial charge in [0.25, 0.3) is 0 Å². The fraction of sp³-hybridized carbons (Fsp3) is 0.238. The summed E-state index contributed by atoms with van der Waals surface area (Å²) in [6.07, 6.45) is 4.07. The lowest BCUT2D eigenvalue weighted by Gasteiger charge is -2.10. The summed E-state index contributed by atoms with van der Waals surface area (Å²) in [6, 6.07) is 9.95. The van der Waals surface area contributed by atoms with E-state index in [1.165, 1.54) is 0 Å². The van der Waals surface area contributed by atoms with Crippen molar-refractivity contribution in [2.24, 2.45) is 0 Å². The highest BCUT2D eigenvalue weighted by Gasteiger charge is 2.09. The van der Waals surface area contributed by atoms with Crippen LogP contribution in [0.3, 0.4) is 0 Å². The Morgan fingerprint density at radius 2 is 2.11 bits per heavy atom. The number of methoxy groups -OCH3 is 1. The lowest BCUT2D eigenvalue weighted by Crippen LogP contribution is -2.07. The number of hydrogen-bond donors (Lipinski definition) is 1. The summed E-state index contributed by atoms with van der Waals surface area (Å²) in [5.74, 6) is 2.49. The van der Waals surface area contributed by atoms with E-state index in [-0.39, 0.29) is 0 Å². The van der Waals surface area contributed by atoms with Gasteiger partial charge in [-0.25, -0.2) is 9.97 Å². The number of nitrogens with one attached hydrogen (secondary N) is 1. The second-order valence-electron chi connectivity index (χ2n) is 6.17. The molecular weight excluding hydrogens is 374 g/mol. The molecule has 1 N–H and O–H groups in total. The number of anilines is 1. The average Bonchev–Trinajstić information content (AvgIpc) is 3.37. The van der Waals surface area contributed by atoms with E-state index in [1.807, 2.05) is 36.6 Å². The molecule has 28 heavy (non-hydrogen) atoms. The predicted molar refractivity (Wildman–Crippen MR) is 111 cm³/mol. The summed E-state index contributed by atoms with van der Waals surface area (Å²) in [6.45, 7) is 3.36. The van der Waals surface area contributed by atoms with E-state index in [0.717, 1.165) is 57.4 Å². The molecule has 0 atom stereocenters. The number of furan rings is 1. The first kappa shape index (κ1) is 18.3. The zero-order chi connectivity index (χ0) is 19.3. The first-order chi connectivity index (χ1) is 13.8. The fourth-order valence-corrected chi connectivity index (χ4v) is 3.83. The molecule has 144 valence electrons. The van der Waals surface area contributed by atoms with Crippen LogP contribution in [0.5, 0.6) is 11.5 Å². The molecular formula is C21H21N3O3S. The lowest BCUT2D eigenvalue weighted by molar-refractivity contribution is 0.342. The Balaban J connectivity index is 1.44. The molecule has 0 aliphatic heterocycles. The largest absolute Gasteiger partial charge is 0.496 e. The second-order valence-corrected chi connectivity index (χ2v) is 7.08. The van der Waals surface area contributed by atoms with Crippen molar-refractivity contribution in [3.05, 3.63) is 53.9 Å². The van der Waals surface area contributed by atoms with Crippen molar-refractivity contribution in [1.82, 2.24) is 9.97 Å². The number of rotatable bonds is 8. The third-order valence-electron chi connectivity index (χ3n) is 4.36. The molecule has 7 heteroatoms. The summed E-state index contributed by atoms with van der Waals surface area (Å²) in [7, 11) is 1.68. The number of hydrogen-bond acceptors (Lipinski definition) is 7. The molecule has 0 amide bonds. The minimum atomic E-state index is 0.654. The van der Waals surface area contributed by atoms with Crippen LogP contribution in [0.4, 0.5) is 5.82 Å². The van der Waals surface area contributed by atoms with E-state index in [9.17, 15) is 0 Å². The maximum absolute atomic E-state index is 5.53. The van der Waals surface area contributed by atoms with Crippen LogP contribution in [0, 0.1) is 0 Å². The third-order valence-corrected chi connectivity index (χ3v) is 5.29. The van der Waals surface area contributed by atoms with E-state index in [2.05, 4.69) is 21.4 Å². The zero-order valence-corrected chi connectivity index (χ0v) is 16.6. The summed E-state index contributed by atoms with van der Waals surface area (Å²) < 4.78 is 16.5. The van der Waals surface area contributed by atoms with Crippen molar-refractivity contribution < 1.29 is 13.9 Å². The Kier molecular flexibility index (Phi) is 5.43. The SMILES string of the molecule is CCOc1csc(-c2cc(NCCc3cc4ccoc4cc3OC)ncn2)c1. The average molecular weight is 395 g/mol. The van der Waals surface area contributed by atoms with Gasteiger partial charge >= 0.3 is 0 Å². The van der Waals surface area contributed by atoms with Gasteiger partial charge in [0.2, 0.25) is 0 Å². The van der Waals surface area contributed by atoms with Gasteiger partial charge in [-0.2, -0.15) is 0 Å². The maximum Gasteiger partial charge on any atom is 0.137 e. The van der Waals surface area contributed by atoms with Gasteiger partial charge in [-0.15, -0.1) is 11.3 Å². The van der Waals surface area contributed by atoms with E-state index >= 15 is 0 Å². The van der Waals surface area contributed by atoms with Crippen molar-refractivity contribution in [2.75, 3.05) is 25.6 Å².